The van der Waals surface area contributed by atoms with Gasteiger partial charge >= 0.3 is 0 Å². The number of hydrogen-bond donors (Lipinski definition) is 1. The zero-order valence-corrected chi connectivity index (χ0v) is 9.40. The van der Waals surface area contributed by atoms with Crippen molar-refractivity contribution < 1.29 is 4.52 Å². The van der Waals surface area contributed by atoms with E-state index in [1.807, 2.05) is 12.1 Å². The number of nitrogens with zero attached hydrogens (tertiary/aromatic N) is 2. The summed E-state index contributed by atoms with van der Waals surface area (Å²) in [4.78, 5) is 3.91. The number of aromatic nitrogens is 1. The van der Waals surface area contributed by atoms with Crippen LogP contribution in [0, 0.1) is 0 Å². The van der Waals surface area contributed by atoms with Gasteiger partial charge in [-0.2, -0.15) is 0 Å². The second-order valence-corrected chi connectivity index (χ2v) is 3.64. The minimum Gasteiger partial charge on any atom is -0.367 e. The lowest BCUT2D eigenvalue weighted by Crippen LogP contribution is -1.90. The van der Waals surface area contributed by atoms with E-state index >= 15 is 0 Å². The molecule has 2 rings (SSSR count). The lowest BCUT2D eigenvalue weighted by molar-refractivity contribution is 0.439. The van der Waals surface area contributed by atoms with E-state index in [0.29, 0.717) is 16.3 Å². The number of hydrogen-bond acceptors (Lipinski definition) is 4. The number of nitrogen functional groups attached to an aromatic ring is 1. The Morgan fingerprint density at radius 3 is 2.69 bits per heavy atom. The van der Waals surface area contributed by atoms with Gasteiger partial charge in [-0.25, -0.2) is 0 Å². The Hall–Kier alpha value is -1.81. The van der Waals surface area contributed by atoms with Crippen molar-refractivity contribution in [1.29, 1.82) is 0 Å². The van der Waals surface area contributed by atoms with Crippen molar-refractivity contribution in [2.24, 2.45) is 4.99 Å². The average molecular weight is 236 g/mol. The third-order valence-corrected chi connectivity index (χ3v) is 2.38. The molecule has 5 heteroatoms. The smallest absolute Gasteiger partial charge is 0.231 e. The fourth-order valence-corrected chi connectivity index (χ4v) is 1.51. The molecule has 1 aromatic heterocycles. The van der Waals surface area contributed by atoms with Crippen molar-refractivity contribution in [2.75, 3.05) is 12.8 Å². The Morgan fingerprint density at radius 2 is 2.06 bits per heavy atom. The SMILES string of the molecule is CN=Cc1c(-c2ccc(Cl)cc2)noc1N. The second-order valence-electron chi connectivity index (χ2n) is 3.20. The number of nitrogens with two attached hydrogens (primary N) is 1. The Kier molecular flexibility index (Phi) is 2.92. The first-order chi connectivity index (χ1) is 7.72. The lowest BCUT2D eigenvalue weighted by Gasteiger charge is -1.97. The largest absolute Gasteiger partial charge is 0.367 e. The van der Waals surface area contributed by atoms with Crippen LogP contribution in [-0.2, 0) is 0 Å². The molecule has 2 N–H and O–H groups in total. The van der Waals surface area contributed by atoms with Gasteiger partial charge in [0.2, 0.25) is 5.88 Å². The molecule has 0 radical (unpaired) electrons. The Balaban J connectivity index is 2.51. The van der Waals surface area contributed by atoms with E-state index in [-0.39, 0.29) is 5.88 Å². The Morgan fingerprint density at radius 1 is 1.38 bits per heavy atom. The van der Waals surface area contributed by atoms with E-state index in [0.717, 1.165) is 5.56 Å². The van der Waals surface area contributed by atoms with Gasteiger partial charge in [-0.15, -0.1) is 0 Å². The summed E-state index contributed by atoms with van der Waals surface area (Å²) in [7, 11) is 1.66. The number of aliphatic imine (C=N–C) groups is 1. The van der Waals surface area contributed by atoms with Crippen LogP contribution in [0.5, 0.6) is 0 Å². The van der Waals surface area contributed by atoms with Crippen molar-refractivity contribution >= 4 is 23.7 Å². The van der Waals surface area contributed by atoms with Crippen LogP contribution in [0.25, 0.3) is 11.3 Å². The molecule has 0 fully saturated rings. The van der Waals surface area contributed by atoms with Crippen molar-refractivity contribution in [3.8, 4) is 11.3 Å². The first-order valence-electron chi connectivity index (χ1n) is 4.65. The van der Waals surface area contributed by atoms with Crippen LogP contribution in [0.4, 0.5) is 5.88 Å². The van der Waals surface area contributed by atoms with Gasteiger partial charge in [0.25, 0.3) is 0 Å². The predicted octanol–water partition coefficient (Wildman–Crippen LogP) is 2.63. The minimum atomic E-state index is 0.260. The average Bonchev–Trinajstić information content (AvgIpc) is 2.63. The Bertz CT molecular complexity index is 517. The molecule has 0 unspecified atom stereocenters. The summed E-state index contributed by atoms with van der Waals surface area (Å²) >= 11 is 5.81. The maximum atomic E-state index is 5.81. The summed E-state index contributed by atoms with van der Waals surface area (Å²) in [5.41, 5.74) is 7.89. The zero-order chi connectivity index (χ0) is 11.5. The van der Waals surface area contributed by atoms with Crippen LogP contribution >= 0.6 is 11.6 Å². The molecule has 0 aliphatic heterocycles. The molecule has 0 amide bonds. The fraction of sp³-hybridized carbons (Fsp3) is 0.0909. The molecular weight excluding hydrogens is 226 g/mol. The standard InChI is InChI=1S/C11H10ClN3O/c1-14-6-9-10(15-16-11(9)13)7-2-4-8(12)5-3-7/h2-6H,13H2,1H3. The third-order valence-electron chi connectivity index (χ3n) is 2.13. The van der Waals surface area contributed by atoms with Gasteiger partial charge < -0.3 is 10.3 Å². The van der Waals surface area contributed by atoms with E-state index in [9.17, 15) is 0 Å². The van der Waals surface area contributed by atoms with E-state index in [1.54, 1.807) is 25.4 Å². The number of rotatable bonds is 2. The molecule has 0 saturated carbocycles. The van der Waals surface area contributed by atoms with Gasteiger partial charge in [-0.3, -0.25) is 4.99 Å². The molecule has 4 nitrogen and oxygen atoms in total. The van der Waals surface area contributed by atoms with Gasteiger partial charge in [-0.1, -0.05) is 28.9 Å². The van der Waals surface area contributed by atoms with Gasteiger partial charge in [0, 0.05) is 23.8 Å². The quantitative estimate of drug-likeness (QED) is 0.814. The molecule has 0 bridgehead atoms. The van der Waals surface area contributed by atoms with Crippen molar-refractivity contribution in [3.05, 3.63) is 34.9 Å². The third kappa shape index (κ3) is 1.92. The van der Waals surface area contributed by atoms with E-state index in [4.69, 9.17) is 21.9 Å². The van der Waals surface area contributed by atoms with Crippen LogP contribution < -0.4 is 5.73 Å². The van der Waals surface area contributed by atoms with Crippen LogP contribution in [0.1, 0.15) is 5.56 Å². The normalized spacial score (nSPS) is 11.1. The first-order valence-corrected chi connectivity index (χ1v) is 5.03. The molecule has 1 heterocycles. The van der Waals surface area contributed by atoms with Crippen LogP contribution in [0.3, 0.4) is 0 Å². The molecule has 16 heavy (non-hydrogen) atoms. The minimum absolute atomic E-state index is 0.260. The molecule has 0 aliphatic carbocycles. The molecule has 82 valence electrons. The maximum Gasteiger partial charge on any atom is 0.231 e. The van der Waals surface area contributed by atoms with Crippen LogP contribution in [0.2, 0.25) is 5.02 Å². The monoisotopic (exact) mass is 235 g/mol. The fourth-order valence-electron chi connectivity index (χ4n) is 1.38. The molecule has 0 spiro atoms. The summed E-state index contributed by atoms with van der Waals surface area (Å²) in [6, 6.07) is 7.28. The van der Waals surface area contributed by atoms with E-state index < -0.39 is 0 Å². The molecule has 0 saturated heterocycles. The maximum absolute atomic E-state index is 5.81. The zero-order valence-electron chi connectivity index (χ0n) is 8.64. The summed E-state index contributed by atoms with van der Waals surface area (Å²) in [6.45, 7) is 0. The van der Waals surface area contributed by atoms with Gasteiger partial charge in [0.15, 0.2) is 0 Å². The topological polar surface area (TPSA) is 64.4 Å². The summed E-state index contributed by atoms with van der Waals surface area (Å²) < 4.78 is 4.94. The second kappa shape index (κ2) is 4.37. The summed E-state index contributed by atoms with van der Waals surface area (Å²) in [5, 5.41) is 4.57. The molecular formula is C11H10ClN3O. The van der Waals surface area contributed by atoms with Crippen LogP contribution in [-0.4, -0.2) is 18.4 Å². The van der Waals surface area contributed by atoms with Crippen molar-refractivity contribution in [2.45, 2.75) is 0 Å². The highest BCUT2D eigenvalue weighted by Crippen LogP contribution is 2.26. The first kappa shape index (κ1) is 10.7. The van der Waals surface area contributed by atoms with Crippen molar-refractivity contribution in [1.82, 2.24) is 5.16 Å². The summed E-state index contributed by atoms with van der Waals surface area (Å²) in [6.07, 6.45) is 1.62. The summed E-state index contributed by atoms with van der Waals surface area (Å²) in [5.74, 6) is 0.260. The Labute approximate surface area is 97.7 Å². The highest BCUT2D eigenvalue weighted by Gasteiger charge is 2.13. The molecule has 1 aromatic carbocycles. The van der Waals surface area contributed by atoms with Gasteiger partial charge in [0.1, 0.15) is 5.69 Å². The highest BCUT2D eigenvalue weighted by molar-refractivity contribution is 6.30. The number of halogens is 1. The van der Waals surface area contributed by atoms with E-state index in [2.05, 4.69) is 10.1 Å². The number of anilines is 1. The molecule has 0 aliphatic rings. The predicted molar refractivity (Wildman–Crippen MR) is 64.9 cm³/mol. The van der Waals surface area contributed by atoms with Gasteiger partial charge in [-0.05, 0) is 12.1 Å². The van der Waals surface area contributed by atoms with Crippen molar-refractivity contribution in [3.63, 3.8) is 0 Å². The highest BCUT2D eigenvalue weighted by atomic mass is 35.5. The van der Waals surface area contributed by atoms with E-state index in [1.165, 1.54) is 0 Å². The number of benzene rings is 1. The molecule has 0 atom stereocenters. The lowest BCUT2D eigenvalue weighted by atomic mass is 10.1. The van der Waals surface area contributed by atoms with Crippen LogP contribution in [0.15, 0.2) is 33.8 Å². The van der Waals surface area contributed by atoms with Gasteiger partial charge in [0.05, 0.1) is 5.56 Å². The molecule has 2 aromatic rings.